The number of morpholine rings is 1. The SMILES string of the molecule is Cc1cccnc1NC(=O)[C@H]1COCC(=O)N1Cc1ccccc1. The van der Waals surface area contributed by atoms with Crippen LogP contribution in [-0.4, -0.2) is 41.0 Å². The van der Waals surface area contributed by atoms with Gasteiger partial charge in [-0.15, -0.1) is 0 Å². The molecule has 2 amide bonds. The van der Waals surface area contributed by atoms with Crippen molar-refractivity contribution in [2.45, 2.75) is 19.5 Å². The molecule has 1 aromatic carbocycles. The number of nitrogens with one attached hydrogen (secondary N) is 1. The van der Waals surface area contributed by atoms with Gasteiger partial charge < -0.3 is 15.0 Å². The van der Waals surface area contributed by atoms with Crippen LogP contribution in [0.4, 0.5) is 5.82 Å². The van der Waals surface area contributed by atoms with Gasteiger partial charge in [-0.05, 0) is 24.1 Å². The third-order valence-electron chi connectivity index (χ3n) is 3.95. The Morgan fingerprint density at radius 1 is 1.29 bits per heavy atom. The second kappa shape index (κ2) is 7.23. The van der Waals surface area contributed by atoms with Gasteiger partial charge in [-0.3, -0.25) is 9.59 Å². The Morgan fingerprint density at radius 3 is 2.83 bits per heavy atom. The lowest BCUT2D eigenvalue weighted by atomic mass is 10.1. The molecule has 2 heterocycles. The van der Waals surface area contributed by atoms with Gasteiger partial charge in [0.05, 0.1) is 6.61 Å². The number of pyridine rings is 1. The molecule has 1 saturated heterocycles. The molecular weight excluding hydrogens is 306 g/mol. The van der Waals surface area contributed by atoms with Gasteiger partial charge >= 0.3 is 0 Å². The zero-order chi connectivity index (χ0) is 16.9. The maximum atomic E-state index is 12.6. The van der Waals surface area contributed by atoms with E-state index in [2.05, 4.69) is 10.3 Å². The van der Waals surface area contributed by atoms with Crippen LogP contribution in [0, 0.1) is 6.92 Å². The van der Waals surface area contributed by atoms with Crippen LogP contribution in [0.15, 0.2) is 48.7 Å². The maximum absolute atomic E-state index is 12.6. The number of carbonyl (C=O) groups is 2. The van der Waals surface area contributed by atoms with E-state index in [0.717, 1.165) is 11.1 Å². The minimum Gasteiger partial charge on any atom is -0.369 e. The molecule has 0 radical (unpaired) electrons. The molecule has 1 N–H and O–H groups in total. The quantitative estimate of drug-likeness (QED) is 0.930. The zero-order valence-electron chi connectivity index (χ0n) is 13.4. The second-order valence-corrected chi connectivity index (χ2v) is 5.70. The van der Waals surface area contributed by atoms with Gasteiger partial charge in [0.25, 0.3) is 5.91 Å². The van der Waals surface area contributed by atoms with Crippen molar-refractivity contribution < 1.29 is 14.3 Å². The summed E-state index contributed by atoms with van der Waals surface area (Å²) in [6.45, 7) is 2.42. The molecule has 1 aliphatic heterocycles. The summed E-state index contributed by atoms with van der Waals surface area (Å²) in [6, 6.07) is 12.6. The van der Waals surface area contributed by atoms with Gasteiger partial charge in [0.15, 0.2) is 0 Å². The predicted octanol–water partition coefficient (Wildman–Crippen LogP) is 1.76. The number of nitrogens with zero attached hydrogens (tertiary/aromatic N) is 2. The van der Waals surface area contributed by atoms with Gasteiger partial charge in [0.1, 0.15) is 18.5 Å². The van der Waals surface area contributed by atoms with E-state index in [1.54, 1.807) is 17.2 Å². The number of aromatic nitrogens is 1. The molecule has 0 spiro atoms. The Kier molecular flexibility index (Phi) is 4.86. The van der Waals surface area contributed by atoms with Crippen molar-refractivity contribution in [3.63, 3.8) is 0 Å². The summed E-state index contributed by atoms with van der Waals surface area (Å²) < 4.78 is 5.28. The minimum atomic E-state index is -0.673. The number of ether oxygens (including phenoxy) is 1. The molecule has 1 fully saturated rings. The van der Waals surface area contributed by atoms with Crippen LogP contribution in [0.1, 0.15) is 11.1 Å². The standard InChI is InChI=1S/C18H19N3O3/c1-13-6-5-9-19-17(13)20-18(23)15-11-24-12-16(22)21(15)10-14-7-3-2-4-8-14/h2-9,15H,10-12H2,1H3,(H,19,20,23)/t15-/m1/s1. The van der Waals surface area contributed by atoms with Crippen LogP contribution in [0.25, 0.3) is 0 Å². The summed E-state index contributed by atoms with van der Waals surface area (Å²) in [5.74, 6) is 0.0176. The molecular formula is C18H19N3O3. The third-order valence-corrected chi connectivity index (χ3v) is 3.95. The lowest BCUT2D eigenvalue weighted by Gasteiger charge is -2.34. The first-order valence-electron chi connectivity index (χ1n) is 7.79. The third kappa shape index (κ3) is 3.60. The van der Waals surface area contributed by atoms with E-state index < -0.39 is 6.04 Å². The van der Waals surface area contributed by atoms with E-state index in [1.165, 1.54) is 0 Å². The van der Waals surface area contributed by atoms with Crippen molar-refractivity contribution in [3.05, 3.63) is 59.8 Å². The van der Waals surface area contributed by atoms with Gasteiger partial charge in [0.2, 0.25) is 5.91 Å². The molecule has 6 heteroatoms. The topological polar surface area (TPSA) is 71.5 Å². The summed E-state index contributed by atoms with van der Waals surface area (Å²) in [5.41, 5.74) is 1.84. The molecule has 0 unspecified atom stereocenters. The zero-order valence-corrected chi connectivity index (χ0v) is 13.4. The van der Waals surface area contributed by atoms with E-state index in [4.69, 9.17) is 4.74 Å². The fourth-order valence-electron chi connectivity index (χ4n) is 2.62. The fraction of sp³-hybridized carbons (Fsp3) is 0.278. The highest BCUT2D eigenvalue weighted by Gasteiger charge is 2.34. The minimum absolute atomic E-state index is 0.000766. The van der Waals surface area contributed by atoms with E-state index in [1.807, 2.05) is 43.3 Å². The Labute approximate surface area is 140 Å². The lowest BCUT2D eigenvalue weighted by molar-refractivity contribution is -0.154. The number of amides is 2. The predicted molar refractivity (Wildman–Crippen MR) is 89.2 cm³/mol. The molecule has 0 aliphatic carbocycles. The number of benzene rings is 1. The monoisotopic (exact) mass is 325 g/mol. The second-order valence-electron chi connectivity index (χ2n) is 5.70. The van der Waals surface area contributed by atoms with Crippen molar-refractivity contribution in [2.24, 2.45) is 0 Å². The van der Waals surface area contributed by atoms with Crippen LogP contribution in [-0.2, 0) is 20.9 Å². The van der Waals surface area contributed by atoms with E-state index in [0.29, 0.717) is 12.4 Å². The summed E-state index contributed by atoms with van der Waals surface area (Å²) in [5, 5.41) is 2.79. The molecule has 1 atom stereocenters. The van der Waals surface area contributed by atoms with Gasteiger partial charge in [-0.25, -0.2) is 4.98 Å². The van der Waals surface area contributed by atoms with Crippen LogP contribution >= 0.6 is 0 Å². The first-order chi connectivity index (χ1) is 11.6. The largest absolute Gasteiger partial charge is 0.369 e. The molecule has 0 bridgehead atoms. The Bertz CT molecular complexity index is 733. The normalized spacial score (nSPS) is 17.6. The van der Waals surface area contributed by atoms with Crippen LogP contribution in [0.2, 0.25) is 0 Å². The van der Waals surface area contributed by atoms with Crippen molar-refractivity contribution in [1.82, 2.24) is 9.88 Å². The maximum Gasteiger partial charge on any atom is 0.250 e. The van der Waals surface area contributed by atoms with Gasteiger partial charge in [-0.2, -0.15) is 0 Å². The molecule has 124 valence electrons. The number of anilines is 1. The van der Waals surface area contributed by atoms with E-state index >= 15 is 0 Å². The van der Waals surface area contributed by atoms with Crippen molar-refractivity contribution in [2.75, 3.05) is 18.5 Å². The summed E-state index contributed by atoms with van der Waals surface area (Å²) in [7, 11) is 0. The number of rotatable bonds is 4. The van der Waals surface area contributed by atoms with E-state index in [-0.39, 0.29) is 25.0 Å². The molecule has 6 nitrogen and oxygen atoms in total. The van der Waals surface area contributed by atoms with Gasteiger partial charge in [0, 0.05) is 12.7 Å². The van der Waals surface area contributed by atoms with Crippen molar-refractivity contribution >= 4 is 17.6 Å². The van der Waals surface area contributed by atoms with Crippen molar-refractivity contribution in [1.29, 1.82) is 0 Å². The molecule has 1 aliphatic rings. The number of aryl methyl sites for hydroxylation is 1. The number of hydrogen-bond acceptors (Lipinski definition) is 4. The molecule has 2 aromatic rings. The summed E-state index contributed by atoms with van der Waals surface area (Å²) in [6.07, 6.45) is 1.62. The Morgan fingerprint density at radius 2 is 2.08 bits per heavy atom. The Balaban J connectivity index is 1.77. The highest BCUT2D eigenvalue weighted by molar-refractivity contribution is 5.97. The summed E-state index contributed by atoms with van der Waals surface area (Å²) >= 11 is 0. The van der Waals surface area contributed by atoms with Crippen LogP contribution < -0.4 is 5.32 Å². The van der Waals surface area contributed by atoms with Crippen LogP contribution in [0.5, 0.6) is 0 Å². The average molecular weight is 325 g/mol. The summed E-state index contributed by atoms with van der Waals surface area (Å²) in [4.78, 5) is 30.6. The highest BCUT2D eigenvalue weighted by atomic mass is 16.5. The lowest BCUT2D eigenvalue weighted by Crippen LogP contribution is -2.54. The fourth-order valence-corrected chi connectivity index (χ4v) is 2.62. The molecule has 24 heavy (non-hydrogen) atoms. The average Bonchev–Trinajstić information content (AvgIpc) is 2.59. The van der Waals surface area contributed by atoms with E-state index in [9.17, 15) is 9.59 Å². The van der Waals surface area contributed by atoms with Gasteiger partial charge in [-0.1, -0.05) is 36.4 Å². The number of hydrogen-bond donors (Lipinski definition) is 1. The molecule has 1 aromatic heterocycles. The first kappa shape index (κ1) is 16.1. The first-order valence-corrected chi connectivity index (χ1v) is 7.79. The Hall–Kier alpha value is -2.73. The van der Waals surface area contributed by atoms with Crippen molar-refractivity contribution in [3.8, 4) is 0 Å². The van der Waals surface area contributed by atoms with Crippen LogP contribution in [0.3, 0.4) is 0 Å². The highest BCUT2D eigenvalue weighted by Crippen LogP contribution is 2.16. The molecule has 0 saturated carbocycles. The smallest absolute Gasteiger partial charge is 0.250 e. The molecule has 3 rings (SSSR count). The number of carbonyl (C=O) groups excluding carboxylic acids is 2.